The summed E-state index contributed by atoms with van der Waals surface area (Å²) in [4.78, 5) is 12.2. The van der Waals surface area contributed by atoms with Crippen LogP contribution in [0.25, 0.3) is 0 Å². The molecule has 0 saturated heterocycles. The molecule has 21 heavy (non-hydrogen) atoms. The zero-order valence-electron chi connectivity index (χ0n) is 12.6. The molecule has 0 spiro atoms. The quantitative estimate of drug-likeness (QED) is 0.572. The third kappa shape index (κ3) is 5.63. The molecule has 1 unspecified atom stereocenters. The van der Waals surface area contributed by atoms with Gasteiger partial charge in [0.2, 0.25) is 5.91 Å². The summed E-state index contributed by atoms with van der Waals surface area (Å²) in [5, 5.41) is 3.18. The number of benzene rings is 1. The molecule has 3 N–H and O–H groups in total. The van der Waals surface area contributed by atoms with E-state index in [9.17, 15) is 13.6 Å². The fourth-order valence-electron chi connectivity index (χ4n) is 2.09. The second kappa shape index (κ2) is 7.75. The van der Waals surface area contributed by atoms with Crippen molar-refractivity contribution in [3.05, 3.63) is 29.8 Å². The number of primary amides is 1. The highest BCUT2D eigenvalue weighted by atomic mass is 32.2. The van der Waals surface area contributed by atoms with Crippen molar-refractivity contribution in [2.45, 2.75) is 50.1 Å². The lowest BCUT2D eigenvalue weighted by Crippen LogP contribution is -2.55. The van der Waals surface area contributed by atoms with Crippen LogP contribution < -0.4 is 11.1 Å². The van der Waals surface area contributed by atoms with Crippen LogP contribution >= 0.6 is 11.8 Å². The van der Waals surface area contributed by atoms with Crippen molar-refractivity contribution in [3.8, 4) is 0 Å². The molecule has 6 heteroatoms. The highest BCUT2D eigenvalue weighted by Crippen LogP contribution is 2.23. The highest BCUT2D eigenvalue weighted by Gasteiger charge is 2.30. The van der Waals surface area contributed by atoms with E-state index >= 15 is 0 Å². The van der Waals surface area contributed by atoms with Gasteiger partial charge in [0, 0.05) is 10.9 Å². The first-order chi connectivity index (χ1) is 9.74. The summed E-state index contributed by atoms with van der Waals surface area (Å²) in [5.74, 6) is -1.37. The maximum Gasteiger partial charge on any atom is 0.237 e. The molecule has 1 amide bonds. The minimum atomic E-state index is -0.846. The number of halogens is 2. The van der Waals surface area contributed by atoms with Gasteiger partial charge >= 0.3 is 0 Å². The third-order valence-corrected chi connectivity index (χ3v) is 4.21. The molecule has 3 nitrogen and oxygen atoms in total. The SMILES string of the molecule is CC(C)NC(C)(CCCSc1ccc(F)c(F)c1)C(N)=O. The van der Waals surface area contributed by atoms with Gasteiger partial charge in [-0.25, -0.2) is 8.78 Å². The van der Waals surface area contributed by atoms with Crippen LogP contribution in [-0.2, 0) is 4.79 Å². The van der Waals surface area contributed by atoms with Crippen molar-refractivity contribution in [1.29, 1.82) is 0 Å². The lowest BCUT2D eigenvalue weighted by Gasteiger charge is -2.29. The van der Waals surface area contributed by atoms with Gasteiger partial charge in [0.15, 0.2) is 11.6 Å². The first-order valence-corrected chi connectivity index (χ1v) is 7.88. The number of thioether (sulfide) groups is 1. The molecular weight excluding hydrogens is 294 g/mol. The Morgan fingerprint density at radius 3 is 2.57 bits per heavy atom. The van der Waals surface area contributed by atoms with Crippen LogP contribution in [0.2, 0.25) is 0 Å². The van der Waals surface area contributed by atoms with E-state index in [0.29, 0.717) is 17.1 Å². The van der Waals surface area contributed by atoms with E-state index in [1.54, 1.807) is 13.0 Å². The Morgan fingerprint density at radius 2 is 2.05 bits per heavy atom. The van der Waals surface area contributed by atoms with Crippen LogP contribution in [0.5, 0.6) is 0 Å². The van der Waals surface area contributed by atoms with Gasteiger partial charge in [-0.1, -0.05) is 0 Å². The Labute approximate surface area is 128 Å². The number of carbonyl (C=O) groups is 1. The number of hydrogen-bond donors (Lipinski definition) is 2. The maximum atomic E-state index is 13.1. The second-order valence-electron chi connectivity index (χ2n) is 5.52. The van der Waals surface area contributed by atoms with Crippen molar-refractivity contribution < 1.29 is 13.6 Å². The van der Waals surface area contributed by atoms with E-state index in [4.69, 9.17) is 5.73 Å². The molecular formula is C15H22F2N2OS. The predicted molar refractivity (Wildman–Crippen MR) is 82.2 cm³/mol. The fraction of sp³-hybridized carbons (Fsp3) is 0.533. The molecule has 1 atom stereocenters. The Balaban J connectivity index is 2.47. The molecule has 0 radical (unpaired) electrons. The minimum Gasteiger partial charge on any atom is -0.368 e. The zero-order valence-corrected chi connectivity index (χ0v) is 13.4. The van der Waals surface area contributed by atoms with Crippen LogP contribution in [0.4, 0.5) is 8.78 Å². The average molecular weight is 316 g/mol. The fourth-order valence-corrected chi connectivity index (χ4v) is 2.96. The molecule has 0 aromatic heterocycles. The number of carbonyl (C=O) groups excluding carboxylic acids is 1. The number of amides is 1. The second-order valence-corrected chi connectivity index (χ2v) is 6.69. The molecule has 1 aromatic carbocycles. The van der Waals surface area contributed by atoms with E-state index in [1.807, 2.05) is 13.8 Å². The van der Waals surface area contributed by atoms with Crippen molar-refractivity contribution in [3.63, 3.8) is 0 Å². The van der Waals surface area contributed by atoms with E-state index in [0.717, 1.165) is 12.5 Å². The standard InChI is InChI=1S/C15H22F2N2OS/c1-10(2)19-15(3,14(18)20)7-4-8-21-11-5-6-12(16)13(17)9-11/h5-6,9-10,19H,4,7-8H2,1-3H3,(H2,18,20). The highest BCUT2D eigenvalue weighted by molar-refractivity contribution is 7.99. The molecule has 0 heterocycles. The summed E-state index contributed by atoms with van der Waals surface area (Å²) in [6.45, 7) is 5.70. The average Bonchev–Trinajstić information content (AvgIpc) is 2.38. The molecule has 1 rings (SSSR count). The lowest BCUT2D eigenvalue weighted by molar-refractivity contribution is -0.124. The molecule has 0 bridgehead atoms. The van der Waals surface area contributed by atoms with Crippen LogP contribution in [-0.4, -0.2) is 23.2 Å². The smallest absolute Gasteiger partial charge is 0.237 e. The summed E-state index contributed by atoms with van der Waals surface area (Å²) in [5.41, 5.74) is 4.70. The van der Waals surface area contributed by atoms with E-state index < -0.39 is 17.2 Å². The summed E-state index contributed by atoms with van der Waals surface area (Å²) in [6, 6.07) is 4.00. The third-order valence-electron chi connectivity index (χ3n) is 3.13. The first kappa shape index (κ1) is 17.9. The van der Waals surface area contributed by atoms with E-state index in [-0.39, 0.29) is 11.9 Å². The van der Waals surface area contributed by atoms with Gasteiger partial charge in [-0.3, -0.25) is 4.79 Å². The van der Waals surface area contributed by atoms with Gasteiger partial charge in [0.25, 0.3) is 0 Å². The van der Waals surface area contributed by atoms with Crippen LogP contribution in [0, 0.1) is 11.6 Å². The van der Waals surface area contributed by atoms with Crippen LogP contribution in [0.3, 0.4) is 0 Å². The minimum absolute atomic E-state index is 0.154. The van der Waals surface area contributed by atoms with Crippen molar-refractivity contribution in [2.24, 2.45) is 5.73 Å². The Morgan fingerprint density at radius 1 is 1.38 bits per heavy atom. The molecule has 0 aliphatic carbocycles. The summed E-state index contributed by atoms with van der Waals surface area (Å²) in [6.07, 6.45) is 1.33. The summed E-state index contributed by atoms with van der Waals surface area (Å²) in [7, 11) is 0. The van der Waals surface area contributed by atoms with E-state index in [2.05, 4.69) is 5.32 Å². The molecule has 0 aliphatic heterocycles. The van der Waals surface area contributed by atoms with Crippen LogP contribution in [0.15, 0.2) is 23.1 Å². The largest absolute Gasteiger partial charge is 0.368 e. The van der Waals surface area contributed by atoms with Crippen molar-refractivity contribution in [2.75, 3.05) is 5.75 Å². The molecule has 1 aromatic rings. The molecule has 0 saturated carbocycles. The van der Waals surface area contributed by atoms with Gasteiger partial charge in [0.1, 0.15) is 0 Å². The molecule has 118 valence electrons. The van der Waals surface area contributed by atoms with Gasteiger partial charge in [-0.15, -0.1) is 11.8 Å². The van der Waals surface area contributed by atoms with Crippen LogP contribution in [0.1, 0.15) is 33.6 Å². The zero-order chi connectivity index (χ0) is 16.0. The number of nitrogens with two attached hydrogens (primary N) is 1. The number of hydrogen-bond acceptors (Lipinski definition) is 3. The molecule has 0 fully saturated rings. The Bertz CT molecular complexity index is 497. The Hall–Kier alpha value is -1.14. The van der Waals surface area contributed by atoms with Gasteiger partial charge < -0.3 is 11.1 Å². The van der Waals surface area contributed by atoms with Gasteiger partial charge in [-0.2, -0.15) is 0 Å². The monoisotopic (exact) mass is 316 g/mol. The topological polar surface area (TPSA) is 55.1 Å². The first-order valence-electron chi connectivity index (χ1n) is 6.90. The predicted octanol–water partition coefficient (Wildman–Crippen LogP) is 3.08. The van der Waals surface area contributed by atoms with E-state index in [1.165, 1.54) is 17.8 Å². The lowest BCUT2D eigenvalue weighted by atomic mass is 9.94. The van der Waals surface area contributed by atoms with Gasteiger partial charge in [0.05, 0.1) is 5.54 Å². The summed E-state index contributed by atoms with van der Waals surface area (Å²) >= 11 is 1.43. The van der Waals surface area contributed by atoms with Crippen molar-refractivity contribution >= 4 is 17.7 Å². The summed E-state index contributed by atoms with van der Waals surface area (Å²) < 4.78 is 25.9. The molecule has 0 aliphatic rings. The van der Waals surface area contributed by atoms with Crippen molar-refractivity contribution in [1.82, 2.24) is 5.32 Å². The number of rotatable bonds is 8. The normalized spacial score (nSPS) is 14.2. The maximum absolute atomic E-state index is 13.1. The number of nitrogens with one attached hydrogen (secondary N) is 1. The van der Waals surface area contributed by atoms with Gasteiger partial charge in [-0.05, 0) is 57.6 Å². The Kier molecular flexibility index (Phi) is 6.61.